The van der Waals surface area contributed by atoms with E-state index in [0.717, 1.165) is 30.4 Å². The van der Waals surface area contributed by atoms with Crippen LogP contribution in [0.15, 0.2) is 48.5 Å². The first-order chi connectivity index (χ1) is 12.6. The highest BCUT2D eigenvalue weighted by Gasteiger charge is 2.38. The molecular weight excluding hydrogens is 331 g/mol. The molecule has 136 valence electrons. The highest BCUT2D eigenvalue weighted by atomic mass is 19.1. The summed E-state index contributed by atoms with van der Waals surface area (Å²) in [5.74, 6) is -0.352. The number of rotatable bonds is 2. The Morgan fingerprint density at radius 1 is 1.15 bits per heavy atom. The molecular formula is C21H23FN2O2. The summed E-state index contributed by atoms with van der Waals surface area (Å²) in [4.78, 5) is 15.1. The van der Waals surface area contributed by atoms with Crippen molar-refractivity contribution < 1.29 is 13.9 Å². The molecule has 2 heterocycles. The third-order valence-electron chi connectivity index (χ3n) is 5.36. The second-order valence-electron chi connectivity index (χ2n) is 7.03. The van der Waals surface area contributed by atoms with E-state index in [1.54, 1.807) is 12.1 Å². The predicted molar refractivity (Wildman–Crippen MR) is 97.1 cm³/mol. The van der Waals surface area contributed by atoms with Crippen LogP contribution >= 0.6 is 0 Å². The standard InChI is InChI=1S/C21H23FN2O2/c22-16-9-7-15(8-10-16)19-17-5-2-1-4-14(17)11-12-24(19)21(25)20-18(23)6-3-13-26-20/h1-2,4-5,7-10,18-20H,3,6,11-13,23H2/t18-,19-,20+/m0/s1. The van der Waals surface area contributed by atoms with Gasteiger partial charge in [0, 0.05) is 19.2 Å². The van der Waals surface area contributed by atoms with Crippen LogP contribution in [-0.2, 0) is 16.0 Å². The molecule has 2 aromatic rings. The van der Waals surface area contributed by atoms with Gasteiger partial charge in [-0.05, 0) is 48.1 Å². The lowest BCUT2D eigenvalue weighted by atomic mass is 9.87. The number of hydrogen-bond acceptors (Lipinski definition) is 3. The molecule has 0 aromatic heterocycles. The summed E-state index contributed by atoms with van der Waals surface area (Å²) in [6.45, 7) is 1.17. The van der Waals surface area contributed by atoms with Crippen LogP contribution in [0.1, 0.15) is 35.6 Å². The lowest BCUT2D eigenvalue weighted by Gasteiger charge is -2.41. The van der Waals surface area contributed by atoms with Crippen molar-refractivity contribution in [1.82, 2.24) is 4.90 Å². The van der Waals surface area contributed by atoms with Crippen LogP contribution in [0.3, 0.4) is 0 Å². The Balaban J connectivity index is 1.73. The maximum absolute atomic E-state index is 13.4. The van der Waals surface area contributed by atoms with Gasteiger partial charge in [-0.25, -0.2) is 4.39 Å². The number of benzene rings is 2. The topological polar surface area (TPSA) is 55.6 Å². The first kappa shape index (κ1) is 17.2. The minimum atomic E-state index is -0.600. The monoisotopic (exact) mass is 354 g/mol. The Morgan fingerprint density at radius 2 is 1.92 bits per heavy atom. The van der Waals surface area contributed by atoms with E-state index in [4.69, 9.17) is 10.5 Å². The third-order valence-corrected chi connectivity index (χ3v) is 5.36. The summed E-state index contributed by atoms with van der Waals surface area (Å²) < 4.78 is 19.2. The molecule has 0 saturated carbocycles. The number of carbonyl (C=O) groups excluding carboxylic acids is 1. The molecule has 0 aliphatic carbocycles. The molecule has 0 bridgehead atoms. The molecule has 4 nitrogen and oxygen atoms in total. The van der Waals surface area contributed by atoms with Gasteiger partial charge in [0.2, 0.25) is 0 Å². The summed E-state index contributed by atoms with van der Waals surface area (Å²) in [5, 5.41) is 0. The van der Waals surface area contributed by atoms with Gasteiger partial charge in [0.15, 0.2) is 6.10 Å². The lowest BCUT2D eigenvalue weighted by molar-refractivity contribution is -0.150. The quantitative estimate of drug-likeness (QED) is 0.902. The number of nitrogens with two attached hydrogens (primary N) is 1. The second kappa shape index (κ2) is 7.17. The zero-order valence-corrected chi connectivity index (χ0v) is 14.6. The summed E-state index contributed by atoms with van der Waals surface area (Å²) in [6.07, 6.45) is 1.87. The van der Waals surface area contributed by atoms with Gasteiger partial charge >= 0.3 is 0 Å². The van der Waals surface area contributed by atoms with Crippen molar-refractivity contribution in [3.8, 4) is 0 Å². The molecule has 0 radical (unpaired) electrons. The number of halogens is 1. The molecule has 26 heavy (non-hydrogen) atoms. The van der Waals surface area contributed by atoms with Crippen LogP contribution in [0, 0.1) is 5.82 Å². The van der Waals surface area contributed by atoms with Crippen LogP contribution in [0.5, 0.6) is 0 Å². The average molecular weight is 354 g/mol. The van der Waals surface area contributed by atoms with Crippen LogP contribution in [0.2, 0.25) is 0 Å². The zero-order chi connectivity index (χ0) is 18.1. The van der Waals surface area contributed by atoms with E-state index < -0.39 is 6.10 Å². The van der Waals surface area contributed by atoms with Gasteiger partial charge in [-0.3, -0.25) is 4.79 Å². The van der Waals surface area contributed by atoms with E-state index in [-0.39, 0.29) is 23.8 Å². The highest BCUT2D eigenvalue weighted by Crippen LogP contribution is 2.36. The maximum Gasteiger partial charge on any atom is 0.254 e. The average Bonchev–Trinajstić information content (AvgIpc) is 2.68. The van der Waals surface area contributed by atoms with Gasteiger partial charge in [0.25, 0.3) is 5.91 Å². The smallest absolute Gasteiger partial charge is 0.254 e. The van der Waals surface area contributed by atoms with E-state index in [1.165, 1.54) is 17.7 Å². The lowest BCUT2D eigenvalue weighted by Crippen LogP contribution is -2.54. The van der Waals surface area contributed by atoms with E-state index in [0.29, 0.717) is 13.2 Å². The first-order valence-electron chi connectivity index (χ1n) is 9.16. The molecule has 4 rings (SSSR count). The van der Waals surface area contributed by atoms with Gasteiger partial charge in [0.1, 0.15) is 5.82 Å². The molecule has 0 spiro atoms. The fourth-order valence-corrected chi connectivity index (χ4v) is 4.03. The van der Waals surface area contributed by atoms with Crippen molar-refractivity contribution in [2.24, 2.45) is 5.73 Å². The maximum atomic E-state index is 13.4. The molecule has 1 fully saturated rings. The molecule has 2 aliphatic rings. The molecule has 1 saturated heterocycles. The number of hydrogen-bond donors (Lipinski definition) is 1. The SMILES string of the molecule is N[C@H]1CCCO[C@H]1C(=O)N1CCc2ccccc2[C@@H]1c1ccc(F)cc1. The summed E-state index contributed by atoms with van der Waals surface area (Å²) in [7, 11) is 0. The van der Waals surface area contributed by atoms with Gasteiger partial charge in [0.05, 0.1) is 6.04 Å². The Morgan fingerprint density at radius 3 is 2.69 bits per heavy atom. The van der Waals surface area contributed by atoms with Gasteiger partial charge < -0.3 is 15.4 Å². The van der Waals surface area contributed by atoms with Crippen LogP contribution in [-0.4, -0.2) is 36.1 Å². The van der Waals surface area contributed by atoms with Crippen LogP contribution in [0.4, 0.5) is 4.39 Å². The Bertz CT molecular complexity index is 793. The van der Waals surface area contributed by atoms with E-state index in [9.17, 15) is 9.18 Å². The van der Waals surface area contributed by atoms with Crippen LogP contribution < -0.4 is 5.73 Å². The Labute approximate surface area is 152 Å². The van der Waals surface area contributed by atoms with E-state index >= 15 is 0 Å². The molecule has 1 amide bonds. The van der Waals surface area contributed by atoms with Crippen molar-refractivity contribution in [3.05, 3.63) is 71.0 Å². The van der Waals surface area contributed by atoms with Crippen LogP contribution in [0.25, 0.3) is 0 Å². The summed E-state index contributed by atoms with van der Waals surface area (Å²) in [5.41, 5.74) is 9.37. The molecule has 2 aliphatic heterocycles. The van der Waals surface area contributed by atoms with Crippen molar-refractivity contribution in [2.45, 2.75) is 37.5 Å². The number of ether oxygens (including phenoxy) is 1. The van der Waals surface area contributed by atoms with Crippen molar-refractivity contribution >= 4 is 5.91 Å². The first-order valence-corrected chi connectivity index (χ1v) is 9.16. The second-order valence-corrected chi connectivity index (χ2v) is 7.03. The van der Waals surface area contributed by atoms with E-state index in [1.807, 2.05) is 23.1 Å². The largest absolute Gasteiger partial charge is 0.367 e. The van der Waals surface area contributed by atoms with Crippen molar-refractivity contribution in [2.75, 3.05) is 13.2 Å². The highest BCUT2D eigenvalue weighted by molar-refractivity contribution is 5.83. The van der Waals surface area contributed by atoms with Crippen molar-refractivity contribution in [1.29, 1.82) is 0 Å². The van der Waals surface area contributed by atoms with Gasteiger partial charge in [-0.2, -0.15) is 0 Å². The number of nitrogens with zero attached hydrogens (tertiary/aromatic N) is 1. The minimum Gasteiger partial charge on any atom is -0.367 e. The Hall–Kier alpha value is -2.24. The molecule has 2 N–H and O–H groups in total. The number of carbonyl (C=O) groups is 1. The van der Waals surface area contributed by atoms with E-state index in [2.05, 4.69) is 6.07 Å². The normalized spacial score (nSPS) is 25.6. The molecule has 5 heteroatoms. The summed E-state index contributed by atoms with van der Waals surface area (Å²) >= 11 is 0. The molecule has 2 aromatic carbocycles. The molecule has 0 unspecified atom stereocenters. The predicted octanol–water partition coefficient (Wildman–Crippen LogP) is 2.81. The van der Waals surface area contributed by atoms with Gasteiger partial charge in [-0.15, -0.1) is 0 Å². The minimum absolute atomic E-state index is 0.0685. The number of amides is 1. The summed E-state index contributed by atoms with van der Waals surface area (Å²) in [6, 6.07) is 14.0. The van der Waals surface area contributed by atoms with Gasteiger partial charge in [-0.1, -0.05) is 36.4 Å². The third kappa shape index (κ3) is 3.13. The fourth-order valence-electron chi connectivity index (χ4n) is 4.03. The Kier molecular flexibility index (Phi) is 4.74. The number of fused-ring (bicyclic) bond motifs is 1. The zero-order valence-electron chi connectivity index (χ0n) is 14.6. The molecule has 3 atom stereocenters. The van der Waals surface area contributed by atoms with Crippen molar-refractivity contribution in [3.63, 3.8) is 0 Å². The fraction of sp³-hybridized carbons (Fsp3) is 0.381.